The van der Waals surface area contributed by atoms with Crippen LogP contribution in [0, 0.1) is 12.3 Å². The van der Waals surface area contributed by atoms with Gasteiger partial charge >= 0.3 is 5.97 Å². The number of esters is 1. The van der Waals surface area contributed by atoms with Gasteiger partial charge in [0, 0.05) is 17.3 Å². The van der Waals surface area contributed by atoms with Crippen molar-refractivity contribution in [2.45, 2.75) is 26.2 Å². The maximum atomic E-state index is 11.8. The minimum Gasteiger partial charge on any atom is -0.469 e. The molecule has 1 aromatic rings. The van der Waals surface area contributed by atoms with Gasteiger partial charge in [0.05, 0.1) is 12.5 Å². The SMILES string of the molecule is COC(=O)C1(CNc2cc(Cl)ccc2C)CCC1. The van der Waals surface area contributed by atoms with Crippen molar-refractivity contribution in [3.8, 4) is 0 Å². The van der Waals surface area contributed by atoms with E-state index in [-0.39, 0.29) is 11.4 Å². The van der Waals surface area contributed by atoms with E-state index < -0.39 is 0 Å². The van der Waals surface area contributed by atoms with Crippen LogP contribution in [-0.4, -0.2) is 19.6 Å². The quantitative estimate of drug-likeness (QED) is 0.850. The van der Waals surface area contributed by atoms with Gasteiger partial charge in [-0.15, -0.1) is 0 Å². The van der Waals surface area contributed by atoms with Gasteiger partial charge in [-0.2, -0.15) is 0 Å². The molecule has 98 valence electrons. The lowest BCUT2D eigenvalue weighted by Gasteiger charge is -2.39. The molecule has 1 aromatic carbocycles. The summed E-state index contributed by atoms with van der Waals surface area (Å²) in [5.74, 6) is -0.110. The van der Waals surface area contributed by atoms with Crippen LogP contribution in [0.4, 0.5) is 5.69 Å². The summed E-state index contributed by atoms with van der Waals surface area (Å²) in [7, 11) is 1.45. The lowest BCUT2D eigenvalue weighted by Crippen LogP contribution is -2.44. The Hall–Kier alpha value is -1.22. The molecule has 1 aliphatic carbocycles. The Balaban J connectivity index is 2.06. The fourth-order valence-corrected chi connectivity index (χ4v) is 2.49. The standard InChI is InChI=1S/C14H18ClNO2/c1-10-4-5-11(15)8-12(10)16-9-14(6-3-7-14)13(17)18-2/h4-5,8,16H,3,6-7,9H2,1-2H3. The first-order chi connectivity index (χ1) is 8.57. The third kappa shape index (κ3) is 2.46. The molecule has 0 bridgehead atoms. The van der Waals surface area contributed by atoms with E-state index in [0.717, 1.165) is 30.5 Å². The largest absolute Gasteiger partial charge is 0.469 e. The van der Waals surface area contributed by atoms with E-state index in [1.54, 1.807) is 0 Å². The van der Waals surface area contributed by atoms with E-state index in [1.807, 2.05) is 25.1 Å². The van der Waals surface area contributed by atoms with E-state index in [9.17, 15) is 4.79 Å². The molecule has 0 saturated heterocycles. The molecule has 1 N–H and O–H groups in total. The first-order valence-corrected chi connectivity index (χ1v) is 6.54. The first kappa shape index (κ1) is 13.2. The van der Waals surface area contributed by atoms with Crippen LogP contribution in [0.25, 0.3) is 0 Å². The van der Waals surface area contributed by atoms with Crippen molar-refractivity contribution in [2.75, 3.05) is 19.0 Å². The second kappa shape index (κ2) is 5.19. The molecule has 0 aliphatic heterocycles. The second-order valence-corrected chi connectivity index (χ2v) is 5.37. The summed E-state index contributed by atoms with van der Waals surface area (Å²) in [6, 6.07) is 5.72. The number of methoxy groups -OCH3 is 1. The van der Waals surface area contributed by atoms with Crippen molar-refractivity contribution in [1.82, 2.24) is 0 Å². The van der Waals surface area contributed by atoms with E-state index in [1.165, 1.54) is 7.11 Å². The summed E-state index contributed by atoms with van der Waals surface area (Å²) >= 11 is 5.97. The maximum absolute atomic E-state index is 11.8. The molecule has 4 heteroatoms. The minimum atomic E-state index is -0.344. The van der Waals surface area contributed by atoms with Crippen LogP contribution in [0.2, 0.25) is 5.02 Å². The number of aryl methyl sites for hydroxylation is 1. The van der Waals surface area contributed by atoms with Crippen LogP contribution in [-0.2, 0) is 9.53 Å². The number of carbonyl (C=O) groups excluding carboxylic acids is 1. The summed E-state index contributed by atoms with van der Waals surface area (Å²) in [4.78, 5) is 11.8. The van der Waals surface area contributed by atoms with Crippen LogP contribution in [0.1, 0.15) is 24.8 Å². The third-order valence-electron chi connectivity index (χ3n) is 3.75. The number of benzene rings is 1. The lowest BCUT2D eigenvalue weighted by atomic mass is 9.68. The van der Waals surface area contributed by atoms with E-state index in [0.29, 0.717) is 11.6 Å². The van der Waals surface area contributed by atoms with Crippen LogP contribution < -0.4 is 5.32 Å². The highest BCUT2D eigenvalue weighted by Gasteiger charge is 2.45. The van der Waals surface area contributed by atoms with Gasteiger partial charge in [-0.3, -0.25) is 4.79 Å². The molecule has 0 atom stereocenters. The Labute approximate surface area is 112 Å². The first-order valence-electron chi connectivity index (χ1n) is 6.16. The zero-order valence-corrected chi connectivity index (χ0v) is 11.5. The number of hydrogen-bond acceptors (Lipinski definition) is 3. The summed E-state index contributed by atoms with van der Waals surface area (Å²) in [6.07, 6.45) is 2.88. The number of anilines is 1. The van der Waals surface area contributed by atoms with Crippen LogP contribution >= 0.6 is 11.6 Å². The Morgan fingerprint density at radius 1 is 1.50 bits per heavy atom. The van der Waals surface area contributed by atoms with Gasteiger partial charge in [0.2, 0.25) is 0 Å². The van der Waals surface area contributed by atoms with Crippen molar-refractivity contribution in [1.29, 1.82) is 0 Å². The maximum Gasteiger partial charge on any atom is 0.313 e. The average molecular weight is 268 g/mol. The predicted octanol–water partition coefficient (Wildman–Crippen LogP) is 3.40. The van der Waals surface area contributed by atoms with Crippen LogP contribution in [0.3, 0.4) is 0 Å². The highest BCUT2D eigenvalue weighted by molar-refractivity contribution is 6.30. The Morgan fingerprint density at radius 3 is 2.78 bits per heavy atom. The normalized spacial score (nSPS) is 16.8. The smallest absolute Gasteiger partial charge is 0.313 e. The van der Waals surface area contributed by atoms with Crippen molar-refractivity contribution < 1.29 is 9.53 Å². The van der Waals surface area contributed by atoms with E-state index in [4.69, 9.17) is 16.3 Å². The number of carbonyl (C=O) groups is 1. The monoisotopic (exact) mass is 267 g/mol. The van der Waals surface area contributed by atoms with Crippen molar-refractivity contribution in [3.05, 3.63) is 28.8 Å². The number of halogens is 1. The van der Waals surface area contributed by atoms with Gasteiger partial charge < -0.3 is 10.1 Å². The van der Waals surface area contributed by atoms with Crippen molar-refractivity contribution >= 4 is 23.3 Å². The fraction of sp³-hybridized carbons (Fsp3) is 0.500. The molecule has 1 saturated carbocycles. The zero-order valence-electron chi connectivity index (χ0n) is 10.8. The Morgan fingerprint density at radius 2 is 2.22 bits per heavy atom. The second-order valence-electron chi connectivity index (χ2n) is 4.94. The molecule has 1 aliphatic rings. The lowest BCUT2D eigenvalue weighted by molar-refractivity contribution is -0.157. The molecular weight excluding hydrogens is 250 g/mol. The van der Waals surface area contributed by atoms with Gasteiger partial charge in [-0.1, -0.05) is 24.1 Å². The van der Waals surface area contributed by atoms with E-state index >= 15 is 0 Å². The molecule has 3 nitrogen and oxygen atoms in total. The molecular formula is C14H18ClNO2. The average Bonchev–Trinajstić information content (AvgIpc) is 2.31. The molecule has 0 aromatic heterocycles. The number of nitrogens with one attached hydrogen (secondary N) is 1. The molecule has 18 heavy (non-hydrogen) atoms. The van der Waals surface area contributed by atoms with Crippen LogP contribution in [0.5, 0.6) is 0 Å². The third-order valence-corrected chi connectivity index (χ3v) is 3.98. The Bertz CT molecular complexity index is 455. The molecule has 1 fully saturated rings. The molecule has 0 amide bonds. The summed E-state index contributed by atoms with van der Waals surface area (Å²) in [5, 5.41) is 4.02. The highest BCUT2D eigenvalue weighted by Crippen LogP contribution is 2.42. The zero-order chi connectivity index (χ0) is 13.2. The molecule has 0 spiro atoms. The van der Waals surface area contributed by atoms with Gasteiger partial charge in [-0.05, 0) is 37.5 Å². The molecule has 0 unspecified atom stereocenters. The highest BCUT2D eigenvalue weighted by atomic mass is 35.5. The number of hydrogen-bond donors (Lipinski definition) is 1. The Kier molecular flexibility index (Phi) is 3.81. The molecule has 0 radical (unpaired) electrons. The molecule has 0 heterocycles. The van der Waals surface area contributed by atoms with Crippen molar-refractivity contribution in [2.24, 2.45) is 5.41 Å². The van der Waals surface area contributed by atoms with Crippen molar-refractivity contribution in [3.63, 3.8) is 0 Å². The van der Waals surface area contributed by atoms with E-state index in [2.05, 4.69) is 5.32 Å². The minimum absolute atomic E-state index is 0.110. The van der Waals surface area contributed by atoms with Crippen LogP contribution in [0.15, 0.2) is 18.2 Å². The number of rotatable bonds is 4. The predicted molar refractivity (Wildman–Crippen MR) is 73.0 cm³/mol. The molecule has 2 rings (SSSR count). The summed E-state index contributed by atoms with van der Waals surface area (Å²) in [6.45, 7) is 2.63. The van der Waals surface area contributed by atoms with Gasteiger partial charge in [0.25, 0.3) is 0 Å². The number of ether oxygens (including phenoxy) is 1. The topological polar surface area (TPSA) is 38.3 Å². The summed E-state index contributed by atoms with van der Waals surface area (Å²) < 4.78 is 4.89. The van der Waals surface area contributed by atoms with Gasteiger partial charge in [-0.25, -0.2) is 0 Å². The van der Waals surface area contributed by atoms with Gasteiger partial charge in [0.15, 0.2) is 0 Å². The van der Waals surface area contributed by atoms with Gasteiger partial charge in [0.1, 0.15) is 0 Å². The summed E-state index contributed by atoms with van der Waals surface area (Å²) in [5.41, 5.74) is 1.76. The fourth-order valence-electron chi connectivity index (χ4n) is 2.32.